The fourth-order valence-electron chi connectivity index (χ4n) is 1.80. The van der Waals surface area contributed by atoms with Gasteiger partial charge in [-0.1, -0.05) is 12.8 Å². The van der Waals surface area contributed by atoms with Crippen LogP contribution < -0.4 is 5.73 Å². The first-order chi connectivity index (χ1) is 6.27. The Morgan fingerprint density at radius 2 is 2.08 bits per heavy atom. The summed E-state index contributed by atoms with van der Waals surface area (Å²) in [5.74, 6) is 1.19. The highest BCUT2D eigenvalue weighted by Crippen LogP contribution is 2.27. The van der Waals surface area contributed by atoms with Crippen LogP contribution in [0.25, 0.3) is 0 Å². The number of ether oxygens (including phenoxy) is 1. The van der Waals surface area contributed by atoms with Gasteiger partial charge in [-0.25, -0.2) is 0 Å². The van der Waals surface area contributed by atoms with E-state index in [1.807, 2.05) is 11.8 Å². The fraction of sp³-hybridized carbons (Fsp3) is 1.00. The van der Waals surface area contributed by atoms with Crippen LogP contribution >= 0.6 is 11.8 Å². The molecule has 0 heterocycles. The van der Waals surface area contributed by atoms with E-state index in [4.69, 9.17) is 10.5 Å². The van der Waals surface area contributed by atoms with Crippen molar-refractivity contribution < 1.29 is 4.74 Å². The molecule has 0 aromatic rings. The van der Waals surface area contributed by atoms with Gasteiger partial charge in [0.05, 0.1) is 6.61 Å². The molecule has 0 saturated heterocycles. The minimum atomic E-state index is 0.0133. The summed E-state index contributed by atoms with van der Waals surface area (Å²) in [4.78, 5) is 0. The van der Waals surface area contributed by atoms with Crippen LogP contribution in [0, 0.1) is 0 Å². The maximum Gasteiger partial charge on any atom is 0.0646 e. The Balaban J connectivity index is 1.98. The molecule has 0 aliphatic heterocycles. The molecule has 13 heavy (non-hydrogen) atoms. The lowest BCUT2D eigenvalue weighted by atomic mass is 10.0. The smallest absolute Gasteiger partial charge is 0.0646 e. The van der Waals surface area contributed by atoms with Crippen LogP contribution in [0.4, 0.5) is 0 Å². The van der Waals surface area contributed by atoms with Crippen LogP contribution in [0.15, 0.2) is 0 Å². The van der Waals surface area contributed by atoms with E-state index in [9.17, 15) is 0 Å². The highest BCUT2D eigenvalue weighted by Gasteiger charge is 2.29. The second-order valence-electron chi connectivity index (χ2n) is 3.97. The second kappa shape index (κ2) is 5.89. The summed E-state index contributed by atoms with van der Waals surface area (Å²) in [7, 11) is 0. The number of thioether (sulfide) groups is 1. The zero-order valence-electron chi connectivity index (χ0n) is 8.55. The molecule has 1 rings (SSSR count). The van der Waals surface area contributed by atoms with E-state index in [1.165, 1.54) is 18.6 Å². The van der Waals surface area contributed by atoms with Gasteiger partial charge in [0.2, 0.25) is 0 Å². The molecule has 1 aliphatic rings. The van der Waals surface area contributed by atoms with Crippen molar-refractivity contribution in [3.8, 4) is 0 Å². The summed E-state index contributed by atoms with van der Waals surface area (Å²) < 4.78 is 5.58. The Bertz CT molecular complexity index is 135. The van der Waals surface area contributed by atoms with Crippen molar-refractivity contribution in [2.24, 2.45) is 5.73 Å². The van der Waals surface area contributed by atoms with Crippen molar-refractivity contribution in [2.75, 3.05) is 25.2 Å². The van der Waals surface area contributed by atoms with Crippen LogP contribution in [-0.2, 0) is 4.74 Å². The molecule has 1 saturated carbocycles. The first kappa shape index (κ1) is 11.3. The molecule has 78 valence electrons. The molecule has 2 nitrogen and oxygen atoms in total. The van der Waals surface area contributed by atoms with Gasteiger partial charge < -0.3 is 10.5 Å². The van der Waals surface area contributed by atoms with Crippen molar-refractivity contribution in [3.05, 3.63) is 0 Å². The molecule has 0 aromatic carbocycles. The first-order valence-electron chi connectivity index (χ1n) is 5.12. The van der Waals surface area contributed by atoms with E-state index >= 15 is 0 Å². The Labute approximate surface area is 85.6 Å². The molecule has 0 spiro atoms. The SMILES string of the molecule is CSCCCOCC1(N)CCCC1. The van der Waals surface area contributed by atoms with Gasteiger partial charge in [-0.2, -0.15) is 11.8 Å². The lowest BCUT2D eigenvalue weighted by Gasteiger charge is -2.22. The summed E-state index contributed by atoms with van der Waals surface area (Å²) in [5.41, 5.74) is 6.16. The van der Waals surface area contributed by atoms with E-state index in [1.54, 1.807) is 0 Å². The Morgan fingerprint density at radius 1 is 1.38 bits per heavy atom. The third-order valence-electron chi connectivity index (χ3n) is 2.63. The summed E-state index contributed by atoms with van der Waals surface area (Å²) in [6, 6.07) is 0. The summed E-state index contributed by atoms with van der Waals surface area (Å²) >= 11 is 1.87. The van der Waals surface area contributed by atoms with E-state index in [-0.39, 0.29) is 5.54 Å². The van der Waals surface area contributed by atoms with Gasteiger partial charge in [-0.05, 0) is 31.3 Å². The number of nitrogens with two attached hydrogens (primary N) is 1. The molecule has 2 N–H and O–H groups in total. The summed E-state index contributed by atoms with van der Waals surface area (Å²) in [5, 5.41) is 0. The normalized spacial score (nSPS) is 20.8. The highest BCUT2D eigenvalue weighted by molar-refractivity contribution is 7.98. The van der Waals surface area contributed by atoms with Gasteiger partial charge in [-0.3, -0.25) is 0 Å². The van der Waals surface area contributed by atoms with Gasteiger partial charge in [0.15, 0.2) is 0 Å². The molecule has 0 radical (unpaired) electrons. The molecule has 0 unspecified atom stereocenters. The highest BCUT2D eigenvalue weighted by atomic mass is 32.2. The fourth-order valence-corrected chi connectivity index (χ4v) is 2.21. The first-order valence-corrected chi connectivity index (χ1v) is 6.52. The molecule has 0 amide bonds. The maximum absolute atomic E-state index is 6.14. The molecular weight excluding hydrogens is 182 g/mol. The molecule has 1 fully saturated rings. The zero-order valence-corrected chi connectivity index (χ0v) is 9.37. The third-order valence-corrected chi connectivity index (χ3v) is 3.32. The van der Waals surface area contributed by atoms with Crippen molar-refractivity contribution in [1.82, 2.24) is 0 Å². The van der Waals surface area contributed by atoms with Gasteiger partial charge in [0.25, 0.3) is 0 Å². The Kier molecular flexibility index (Phi) is 5.14. The molecule has 3 heteroatoms. The van der Waals surface area contributed by atoms with E-state index in [2.05, 4.69) is 6.26 Å². The van der Waals surface area contributed by atoms with Gasteiger partial charge in [0, 0.05) is 12.1 Å². The van der Waals surface area contributed by atoms with Crippen LogP contribution in [0.1, 0.15) is 32.1 Å². The average molecular weight is 203 g/mol. The summed E-state index contributed by atoms with van der Waals surface area (Å²) in [6.07, 6.45) is 8.14. The molecular formula is C10H21NOS. The monoisotopic (exact) mass is 203 g/mol. The van der Waals surface area contributed by atoms with Crippen LogP contribution in [0.5, 0.6) is 0 Å². The molecule has 1 aliphatic carbocycles. The quantitative estimate of drug-likeness (QED) is 0.671. The van der Waals surface area contributed by atoms with Crippen molar-refractivity contribution in [1.29, 1.82) is 0 Å². The van der Waals surface area contributed by atoms with E-state index in [0.29, 0.717) is 0 Å². The largest absolute Gasteiger partial charge is 0.380 e. The van der Waals surface area contributed by atoms with Crippen molar-refractivity contribution in [3.63, 3.8) is 0 Å². The van der Waals surface area contributed by atoms with Gasteiger partial charge in [-0.15, -0.1) is 0 Å². The summed E-state index contributed by atoms with van der Waals surface area (Å²) in [6.45, 7) is 1.64. The number of rotatable bonds is 6. The van der Waals surface area contributed by atoms with Crippen molar-refractivity contribution >= 4 is 11.8 Å². The lowest BCUT2D eigenvalue weighted by Crippen LogP contribution is -2.41. The predicted octanol–water partition coefficient (Wildman–Crippen LogP) is 2.03. The predicted molar refractivity (Wildman–Crippen MR) is 59.2 cm³/mol. The van der Waals surface area contributed by atoms with E-state index < -0.39 is 0 Å². The maximum atomic E-state index is 6.14. The topological polar surface area (TPSA) is 35.2 Å². The van der Waals surface area contributed by atoms with Crippen LogP contribution in [0.3, 0.4) is 0 Å². The number of hydrogen-bond donors (Lipinski definition) is 1. The minimum Gasteiger partial charge on any atom is -0.380 e. The van der Waals surface area contributed by atoms with Crippen molar-refractivity contribution in [2.45, 2.75) is 37.6 Å². The second-order valence-corrected chi connectivity index (χ2v) is 4.95. The molecule has 0 aromatic heterocycles. The Morgan fingerprint density at radius 3 is 2.69 bits per heavy atom. The van der Waals surface area contributed by atoms with Crippen LogP contribution in [0.2, 0.25) is 0 Å². The zero-order chi connectivity index (χ0) is 9.57. The minimum absolute atomic E-state index is 0.0133. The van der Waals surface area contributed by atoms with Crippen LogP contribution in [-0.4, -0.2) is 30.8 Å². The van der Waals surface area contributed by atoms with Gasteiger partial charge >= 0.3 is 0 Å². The molecule has 0 bridgehead atoms. The lowest BCUT2D eigenvalue weighted by molar-refractivity contribution is 0.0878. The van der Waals surface area contributed by atoms with E-state index in [0.717, 1.165) is 32.5 Å². The third kappa shape index (κ3) is 4.34. The standard InChI is InChI=1S/C10H21NOS/c1-13-8-4-7-12-9-10(11)5-2-3-6-10/h2-9,11H2,1H3. The molecule has 0 atom stereocenters. The van der Waals surface area contributed by atoms with Gasteiger partial charge in [0.1, 0.15) is 0 Å². The Hall–Kier alpha value is 0.270. The number of hydrogen-bond acceptors (Lipinski definition) is 3. The average Bonchev–Trinajstić information content (AvgIpc) is 2.53.